The van der Waals surface area contributed by atoms with Crippen LogP contribution in [0.5, 0.6) is 0 Å². The molecule has 1 aromatic heterocycles. The number of aryl methyl sites for hydroxylation is 1. The standard InChI is InChI=1S/C12H12ClN3O2S/c1-8-6-12(15-7-10(8)14)16-19(17,18)11-5-3-2-4-9(11)13/h2-7H,14H2,1H3,(H,15,16). The van der Waals surface area contributed by atoms with E-state index < -0.39 is 10.0 Å². The number of halogens is 1. The number of sulfonamides is 1. The molecule has 0 aliphatic rings. The maximum absolute atomic E-state index is 12.2. The molecule has 1 aromatic carbocycles. The lowest BCUT2D eigenvalue weighted by Crippen LogP contribution is -2.14. The predicted molar refractivity (Wildman–Crippen MR) is 75.6 cm³/mol. The van der Waals surface area contributed by atoms with Gasteiger partial charge in [0.15, 0.2) is 0 Å². The van der Waals surface area contributed by atoms with Gasteiger partial charge in [0.05, 0.1) is 16.9 Å². The molecule has 1 heterocycles. The molecule has 0 aliphatic carbocycles. The van der Waals surface area contributed by atoms with Crippen LogP contribution in [0.25, 0.3) is 0 Å². The zero-order valence-electron chi connectivity index (χ0n) is 10.1. The average molecular weight is 298 g/mol. The van der Waals surface area contributed by atoms with Gasteiger partial charge in [-0.2, -0.15) is 0 Å². The smallest absolute Gasteiger partial charge is 0.264 e. The van der Waals surface area contributed by atoms with Gasteiger partial charge >= 0.3 is 0 Å². The molecule has 0 fully saturated rings. The lowest BCUT2D eigenvalue weighted by Gasteiger charge is -2.09. The van der Waals surface area contributed by atoms with Crippen molar-refractivity contribution in [1.82, 2.24) is 4.98 Å². The molecule has 2 rings (SSSR count). The summed E-state index contributed by atoms with van der Waals surface area (Å²) in [5.74, 6) is 0.201. The molecular formula is C12H12ClN3O2S. The van der Waals surface area contributed by atoms with E-state index in [0.717, 1.165) is 5.56 Å². The normalized spacial score (nSPS) is 11.3. The fraction of sp³-hybridized carbons (Fsp3) is 0.0833. The van der Waals surface area contributed by atoms with Crippen molar-refractivity contribution >= 4 is 33.1 Å². The molecule has 0 unspecified atom stereocenters. The Balaban J connectivity index is 2.37. The molecule has 7 heteroatoms. The highest BCUT2D eigenvalue weighted by molar-refractivity contribution is 7.92. The van der Waals surface area contributed by atoms with E-state index in [1.807, 2.05) is 0 Å². The fourth-order valence-electron chi connectivity index (χ4n) is 1.48. The minimum atomic E-state index is -3.76. The van der Waals surface area contributed by atoms with Crippen molar-refractivity contribution in [1.29, 1.82) is 0 Å². The van der Waals surface area contributed by atoms with Gasteiger partial charge < -0.3 is 5.73 Å². The Bertz CT molecular complexity index is 717. The number of pyridine rings is 1. The molecule has 0 saturated carbocycles. The number of rotatable bonds is 3. The first-order valence-corrected chi connectivity index (χ1v) is 7.26. The maximum Gasteiger partial charge on any atom is 0.264 e. The van der Waals surface area contributed by atoms with Crippen molar-refractivity contribution in [3.8, 4) is 0 Å². The second-order valence-corrected chi connectivity index (χ2v) is 6.02. The lowest BCUT2D eigenvalue weighted by molar-refractivity contribution is 0.601. The number of nitrogens with zero attached hydrogens (tertiary/aromatic N) is 1. The summed E-state index contributed by atoms with van der Waals surface area (Å²) >= 11 is 5.87. The van der Waals surface area contributed by atoms with E-state index in [-0.39, 0.29) is 15.7 Å². The minimum Gasteiger partial charge on any atom is -0.397 e. The third-order valence-electron chi connectivity index (χ3n) is 2.52. The molecule has 0 atom stereocenters. The van der Waals surface area contributed by atoms with Gasteiger partial charge in [0, 0.05) is 0 Å². The van der Waals surface area contributed by atoms with Gasteiger partial charge in [-0.25, -0.2) is 13.4 Å². The van der Waals surface area contributed by atoms with Crippen LogP contribution in [-0.2, 0) is 10.0 Å². The Hall–Kier alpha value is -1.79. The van der Waals surface area contributed by atoms with Crippen molar-refractivity contribution in [2.75, 3.05) is 10.5 Å². The van der Waals surface area contributed by atoms with E-state index in [2.05, 4.69) is 9.71 Å². The number of benzene rings is 1. The zero-order chi connectivity index (χ0) is 14.0. The van der Waals surface area contributed by atoms with Crippen molar-refractivity contribution in [3.63, 3.8) is 0 Å². The number of nitrogen functional groups attached to an aromatic ring is 1. The average Bonchev–Trinajstić information content (AvgIpc) is 2.34. The van der Waals surface area contributed by atoms with Crippen molar-refractivity contribution < 1.29 is 8.42 Å². The van der Waals surface area contributed by atoms with Crippen LogP contribution in [0.2, 0.25) is 5.02 Å². The quantitative estimate of drug-likeness (QED) is 0.911. The second kappa shape index (κ2) is 5.07. The van der Waals surface area contributed by atoms with Crippen LogP contribution in [0, 0.1) is 6.92 Å². The van der Waals surface area contributed by atoms with Crippen LogP contribution in [0.3, 0.4) is 0 Å². The van der Waals surface area contributed by atoms with Gasteiger partial charge in [-0.1, -0.05) is 23.7 Å². The van der Waals surface area contributed by atoms with E-state index >= 15 is 0 Å². The molecule has 19 heavy (non-hydrogen) atoms. The van der Waals surface area contributed by atoms with Gasteiger partial charge in [-0.05, 0) is 30.7 Å². The number of nitrogens with two attached hydrogens (primary N) is 1. The van der Waals surface area contributed by atoms with Gasteiger partial charge in [0.25, 0.3) is 10.0 Å². The van der Waals surface area contributed by atoms with E-state index in [4.69, 9.17) is 17.3 Å². The fourth-order valence-corrected chi connectivity index (χ4v) is 3.00. The van der Waals surface area contributed by atoms with Crippen LogP contribution in [0.4, 0.5) is 11.5 Å². The Labute approximate surface area is 116 Å². The third-order valence-corrected chi connectivity index (χ3v) is 4.37. The van der Waals surface area contributed by atoms with Crippen LogP contribution < -0.4 is 10.5 Å². The number of hydrogen-bond donors (Lipinski definition) is 2. The third kappa shape index (κ3) is 2.97. The molecule has 3 N–H and O–H groups in total. The van der Waals surface area contributed by atoms with Crippen LogP contribution in [-0.4, -0.2) is 13.4 Å². The summed E-state index contributed by atoms with van der Waals surface area (Å²) in [6.45, 7) is 1.77. The van der Waals surface area contributed by atoms with E-state index in [9.17, 15) is 8.42 Å². The Kier molecular flexibility index (Phi) is 3.64. The van der Waals surface area contributed by atoms with Crippen LogP contribution in [0.15, 0.2) is 41.4 Å². The molecule has 0 radical (unpaired) electrons. The minimum absolute atomic E-state index is 0.00736. The molecule has 5 nitrogen and oxygen atoms in total. The maximum atomic E-state index is 12.2. The summed E-state index contributed by atoms with van der Waals surface area (Å²) in [5.41, 5.74) is 6.87. The molecule has 0 amide bonds. The van der Waals surface area contributed by atoms with Gasteiger partial charge in [0.2, 0.25) is 0 Å². The summed E-state index contributed by atoms with van der Waals surface area (Å²) in [7, 11) is -3.76. The SMILES string of the molecule is Cc1cc(NS(=O)(=O)c2ccccc2Cl)ncc1N. The Morgan fingerprint density at radius 3 is 2.63 bits per heavy atom. The highest BCUT2D eigenvalue weighted by atomic mass is 35.5. The topological polar surface area (TPSA) is 85.1 Å². The molecule has 100 valence electrons. The lowest BCUT2D eigenvalue weighted by atomic mass is 10.2. The van der Waals surface area contributed by atoms with Gasteiger partial charge in [0.1, 0.15) is 10.7 Å². The zero-order valence-corrected chi connectivity index (χ0v) is 11.7. The Morgan fingerprint density at radius 2 is 2.00 bits per heavy atom. The van der Waals surface area contributed by atoms with E-state index in [0.29, 0.717) is 5.69 Å². The van der Waals surface area contributed by atoms with Gasteiger partial charge in [-0.15, -0.1) is 0 Å². The van der Waals surface area contributed by atoms with E-state index in [1.165, 1.54) is 18.3 Å². The van der Waals surface area contributed by atoms with E-state index in [1.54, 1.807) is 25.1 Å². The largest absolute Gasteiger partial charge is 0.397 e. The highest BCUT2D eigenvalue weighted by Crippen LogP contribution is 2.23. The molecule has 2 aromatic rings. The van der Waals surface area contributed by atoms with Crippen LogP contribution >= 0.6 is 11.6 Å². The van der Waals surface area contributed by atoms with Crippen molar-refractivity contribution in [3.05, 3.63) is 47.1 Å². The van der Waals surface area contributed by atoms with Gasteiger partial charge in [-0.3, -0.25) is 4.72 Å². The molecule has 0 aliphatic heterocycles. The van der Waals surface area contributed by atoms with Crippen molar-refractivity contribution in [2.24, 2.45) is 0 Å². The van der Waals surface area contributed by atoms with Crippen LogP contribution in [0.1, 0.15) is 5.56 Å². The van der Waals surface area contributed by atoms with Crippen molar-refractivity contribution in [2.45, 2.75) is 11.8 Å². The monoisotopic (exact) mass is 297 g/mol. The summed E-state index contributed by atoms with van der Waals surface area (Å²) in [6, 6.07) is 7.76. The molecule has 0 bridgehead atoms. The number of nitrogens with one attached hydrogen (secondary N) is 1. The Morgan fingerprint density at radius 1 is 1.32 bits per heavy atom. The number of hydrogen-bond acceptors (Lipinski definition) is 4. The number of aromatic nitrogens is 1. The molecule has 0 saturated heterocycles. The second-order valence-electron chi connectivity index (χ2n) is 3.96. The summed E-state index contributed by atoms with van der Waals surface area (Å²) in [6.07, 6.45) is 1.40. The first kappa shape index (κ1) is 13.6. The first-order chi connectivity index (χ1) is 8.90. The molecule has 0 spiro atoms. The summed E-state index contributed by atoms with van der Waals surface area (Å²) < 4.78 is 26.7. The summed E-state index contributed by atoms with van der Waals surface area (Å²) in [5, 5.41) is 0.155. The summed E-state index contributed by atoms with van der Waals surface area (Å²) in [4.78, 5) is 3.93. The molecular weight excluding hydrogens is 286 g/mol. The highest BCUT2D eigenvalue weighted by Gasteiger charge is 2.18. The number of anilines is 2. The first-order valence-electron chi connectivity index (χ1n) is 5.39. The predicted octanol–water partition coefficient (Wildman–Crippen LogP) is 2.43.